The van der Waals surface area contributed by atoms with E-state index in [-0.39, 0.29) is 18.5 Å². The van der Waals surface area contributed by atoms with Crippen molar-refractivity contribution in [3.63, 3.8) is 0 Å². The van der Waals surface area contributed by atoms with Crippen LogP contribution in [0.15, 0.2) is 0 Å². The zero-order chi connectivity index (χ0) is 15.5. The maximum absolute atomic E-state index is 9.45. The van der Waals surface area contributed by atoms with E-state index in [0.29, 0.717) is 0 Å². The van der Waals surface area contributed by atoms with Crippen molar-refractivity contribution < 1.29 is 45.0 Å². The van der Waals surface area contributed by atoms with Crippen molar-refractivity contribution in [1.82, 2.24) is 18.5 Å². The molecule has 3 atom stereocenters. The highest BCUT2D eigenvalue weighted by Gasteiger charge is 2.02. The van der Waals surface area contributed by atoms with E-state index in [9.17, 15) is 14.4 Å². The summed E-state index contributed by atoms with van der Waals surface area (Å²) < 4.78 is 0. The Kier molecular flexibility index (Phi) is 35.6. The van der Waals surface area contributed by atoms with Gasteiger partial charge in [-0.15, -0.1) is 0 Å². The van der Waals surface area contributed by atoms with Crippen molar-refractivity contribution in [3.8, 4) is 0 Å². The van der Waals surface area contributed by atoms with Gasteiger partial charge in [-0.05, 0) is 20.8 Å². The van der Waals surface area contributed by atoms with E-state index in [4.69, 9.17) is 30.6 Å². The van der Waals surface area contributed by atoms with Gasteiger partial charge in [0.05, 0.1) is 0 Å². The number of rotatable bonds is 3. The van der Waals surface area contributed by atoms with Crippen LogP contribution in [0.2, 0.25) is 0 Å². The van der Waals surface area contributed by atoms with Gasteiger partial charge >= 0.3 is 17.9 Å². The van der Waals surface area contributed by atoms with Gasteiger partial charge in [-0.25, -0.2) is 14.4 Å². The van der Waals surface area contributed by atoms with Gasteiger partial charge in [-0.2, -0.15) is 0 Å². The minimum absolute atomic E-state index is 0. The Bertz CT molecular complexity index is 226. The molecule has 3 unspecified atom stereocenters. The molecule has 0 aliphatic heterocycles. The number of carbonyl (C=O) groups is 3. The van der Waals surface area contributed by atoms with Gasteiger partial charge in [0.1, 0.15) is 18.3 Å². The molecule has 0 aliphatic rings. The lowest BCUT2D eigenvalue weighted by atomic mass is 10.4. The lowest BCUT2D eigenvalue weighted by Gasteiger charge is -1.89. The van der Waals surface area contributed by atoms with Gasteiger partial charge in [0.2, 0.25) is 0 Å². The van der Waals surface area contributed by atoms with Gasteiger partial charge < -0.3 is 49.1 Å². The van der Waals surface area contributed by atoms with Crippen molar-refractivity contribution in [2.75, 3.05) is 0 Å². The second kappa shape index (κ2) is 20.5. The van der Waals surface area contributed by atoms with E-state index in [1.54, 1.807) is 0 Å². The molecule has 0 radical (unpaired) electrons. The summed E-state index contributed by atoms with van der Waals surface area (Å²) in [6.07, 6.45) is -3.69. The molecule has 12 heteroatoms. The van der Waals surface area contributed by atoms with Crippen molar-refractivity contribution in [3.05, 3.63) is 0 Å². The number of hydrogen-bond acceptors (Lipinski definition) is 9. The van der Waals surface area contributed by atoms with Crippen molar-refractivity contribution in [2.24, 2.45) is 0 Å². The summed E-state index contributed by atoms with van der Waals surface area (Å²) in [6, 6.07) is 0. The minimum atomic E-state index is -1.23. The molecule has 15 N–H and O–H groups in total. The number of carboxylic acids is 3. The summed E-state index contributed by atoms with van der Waals surface area (Å²) in [5.41, 5.74) is 0. The van der Waals surface area contributed by atoms with Gasteiger partial charge in [-0.3, -0.25) is 0 Å². The first kappa shape index (κ1) is 36.5. The van der Waals surface area contributed by atoms with E-state index in [1.807, 2.05) is 0 Å². The number of aliphatic hydroxyl groups is 3. The second-order valence-electron chi connectivity index (χ2n) is 3.04. The quantitative estimate of drug-likeness (QED) is 0.297. The lowest BCUT2D eigenvalue weighted by molar-refractivity contribution is -0.146. The summed E-state index contributed by atoms with van der Waals surface area (Å²) in [7, 11) is 0. The van der Waals surface area contributed by atoms with E-state index < -0.39 is 36.2 Å². The molecule has 12 nitrogen and oxygen atoms in total. The molecule has 0 aromatic heterocycles. The van der Waals surface area contributed by atoms with Gasteiger partial charge in [0, 0.05) is 0 Å². The minimum Gasteiger partial charge on any atom is -0.479 e. The Labute approximate surface area is 121 Å². The molecule has 0 aliphatic carbocycles. The average Bonchev–Trinajstić information content (AvgIpc) is 2.18. The average molecular weight is 321 g/mol. The van der Waals surface area contributed by atoms with E-state index in [1.165, 1.54) is 20.8 Å². The molecule has 0 spiro atoms. The molecule has 0 heterocycles. The van der Waals surface area contributed by atoms with Crippen LogP contribution in [0.3, 0.4) is 0 Å². The molecule has 0 aromatic rings. The lowest BCUT2D eigenvalue weighted by Crippen LogP contribution is -2.13. The standard InChI is InChI=1S/3C3H6O3.3H3N/c3*1-2(4)3(5)6;;;/h3*2,4H,1H3,(H,5,6);3*1H3. The van der Waals surface area contributed by atoms with Crippen LogP contribution < -0.4 is 18.5 Å². The van der Waals surface area contributed by atoms with E-state index in [2.05, 4.69) is 0 Å². The predicted octanol–water partition coefficient (Wildman–Crippen LogP) is -1.16. The summed E-state index contributed by atoms with van der Waals surface area (Å²) in [5.74, 6) is -3.56. The fourth-order valence-electron chi connectivity index (χ4n) is 0. The molecule has 0 rings (SSSR count). The van der Waals surface area contributed by atoms with Crippen LogP contribution in [-0.2, 0) is 14.4 Å². The largest absolute Gasteiger partial charge is 0.479 e. The Hall–Kier alpha value is -1.83. The third-order valence-electron chi connectivity index (χ3n) is 1.07. The zero-order valence-corrected chi connectivity index (χ0v) is 12.3. The van der Waals surface area contributed by atoms with Crippen LogP contribution in [-0.4, -0.2) is 66.9 Å². The molecule has 0 saturated heterocycles. The highest BCUT2D eigenvalue weighted by Crippen LogP contribution is 1.74. The highest BCUT2D eigenvalue weighted by atomic mass is 16.4. The number of aliphatic hydroxyl groups excluding tert-OH is 3. The number of hydrogen-bond donors (Lipinski definition) is 9. The third kappa shape index (κ3) is 45.9. The topological polar surface area (TPSA) is 278 Å². The molecule has 0 bridgehead atoms. The maximum atomic E-state index is 9.45. The Morgan fingerprint density at radius 2 is 0.619 bits per heavy atom. The number of carboxylic acid groups (broad SMARTS) is 3. The fourth-order valence-corrected chi connectivity index (χ4v) is 0. The van der Waals surface area contributed by atoms with Gasteiger partial charge in [0.15, 0.2) is 0 Å². The van der Waals surface area contributed by atoms with Crippen LogP contribution in [0.1, 0.15) is 20.8 Å². The first-order valence-corrected chi connectivity index (χ1v) is 4.66. The molecular formula is C9H27N3O9. The van der Waals surface area contributed by atoms with Gasteiger partial charge in [-0.1, -0.05) is 0 Å². The zero-order valence-electron chi connectivity index (χ0n) is 12.3. The van der Waals surface area contributed by atoms with Gasteiger partial charge in [0.25, 0.3) is 0 Å². The van der Waals surface area contributed by atoms with Crippen molar-refractivity contribution in [1.29, 1.82) is 0 Å². The summed E-state index contributed by atoms with van der Waals surface area (Å²) in [4.78, 5) is 28.3. The Morgan fingerprint density at radius 3 is 0.619 bits per heavy atom. The molecule has 21 heavy (non-hydrogen) atoms. The molecule has 0 aromatic carbocycles. The first-order chi connectivity index (χ1) is 7.93. The summed E-state index contributed by atoms with van der Waals surface area (Å²) in [5, 5.41) is 47.3. The Balaban J connectivity index is -0.0000000375. The SMILES string of the molecule is CC(O)C(=O)O.CC(O)C(=O)O.CC(O)C(=O)O.N.N.N. The van der Waals surface area contributed by atoms with Crippen LogP contribution >= 0.6 is 0 Å². The molecular weight excluding hydrogens is 294 g/mol. The highest BCUT2D eigenvalue weighted by molar-refractivity contribution is 5.71. The molecule has 0 amide bonds. The van der Waals surface area contributed by atoms with Crippen LogP contribution in [0, 0.1) is 0 Å². The van der Waals surface area contributed by atoms with E-state index in [0.717, 1.165) is 0 Å². The second-order valence-corrected chi connectivity index (χ2v) is 3.04. The van der Waals surface area contributed by atoms with Crippen molar-refractivity contribution in [2.45, 2.75) is 39.1 Å². The van der Waals surface area contributed by atoms with Crippen LogP contribution in [0.4, 0.5) is 0 Å². The van der Waals surface area contributed by atoms with Crippen molar-refractivity contribution >= 4 is 17.9 Å². The summed E-state index contributed by atoms with van der Waals surface area (Å²) >= 11 is 0. The van der Waals surface area contributed by atoms with Crippen LogP contribution in [0.25, 0.3) is 0 Å². The fraction of sp³-hybridized carbons (Fsp3) is 0.667. The van der Waals surface area contributed by atoms with Crippen LogP contribution in [0.5, 0.6) is 0 Å². The number of aliphatic carboxylic acids is 3. The smallest absolute Gasteiger partial charge is 0.332 e. The molecule has 132 valence electrons. The monoisotopic (exact) mass is 321 g/mol. The predicted molar refractivity (Wildman–Crippen MR) is 73.0 cm³/mol. The molecule has 0 fully saturated rings. The Morgan fingerprint density at radius 1 is 0.571 bits per heavy atom. The third-order valence-corrected chi connectivity index (χ3v) is 1.07. The maximum Gasteiger partial charge on any atom is 0.332 e. The normalized spacial score (nSPS) is 11.7. The first-order valence-electron chi connectivity index (χ1n) is 4.66. The molecule has 0 saturated carbocycles. The van der Waals surface area contributed by atoms with E-state index >= 15 is 0 Å². The summed E-state index contributed by atoms with van der Waals surface area (Å²) in [6.45, 7) is 3.59.